The van der Waals surface area contributed by atoms with Gasteiger partial charge in [-0.15, -0.1) is 0 Å². The fraction of sp³-hybridized carbons (Fsp3) is 0.219. The third kappa shape index (κ3) is 5.89. The van der Waals surface area contributed by atoms with Crippen molar-refractivity contribution >= 4 is 38.7 Å². The highest BCUT2D eigenvalue weighted by molar-refractivity contribution is 9.10. The van der Waals surface area contributed by atoms with Crippen LogP contribution in [0, 0.1) is 24.0 Å². The molecule has 0 fully saturated rings. The Balaban J connectivity index is 1.41. The summed E-state index contributed by atoms with van der Waals surface area (Å²) in [5.74, 6) is 1.33. The summed E-state index contributed by atoms with van der Waals surface area (Å²) < 4.78 is 10.2. The average Bonchev–Trinajstić information content (AvgIpc) is 3.28. The second kappa shape index (κ2) is 12.1. The maximum absolute atomic E-state index is 13.5. The molecule has 2 aromatic heterocycles. The van der Waals surface area contributed by atoms with Crippen LogP contribution >= 0.6 is 15.9 Å². The van der Waals surface area contributed by atoms with Crippen molar-refractivity contribution in [2.75, 3.05) is 0 Å². The zero-order chi connectivity index (χ0) is 30.0. The zero-order valence-electron chi connectivity index (χ0n) is 23.7. The summed E-state index contributed by atoms with van der Waals surface area (Å²) in [7, 11) is 0. The summed E-state index contributed by atoms with van der Waals surface area (Å²) in [6.45, 7) is 8.36. The largest absolute Gasteiger partial charge is 0.489 e. The highest BCUT2D eigenvalue weighted by atomic mass is 79.9. The monoisotopic (exact) mass is 627 g/mol. The fourth-order valence-electron chi connectivity index (χ4n) is 4.83. The molecule has 0 saturated carbocycles. The molecular formula is C32H30BrN5O4. The topological polar surface area (TPSA) is 105 Å². The van der Waals surface area contributed by atoms with Gasteiger partial charge in [-0.1, -0.05) is 41.9 Å². The van der Waals surface area contributed by atoms with Crippen molar-refractivity contribution in [2.45, 2.75) is 46.6 Å². The van der Waals surface area contributed by atoms with Gasteiger partial charge in [-0.2, -0.15) is 9.78 Å². The Bertz CT molecular complexity index is 1880. The van der Waals surface area contributed by atoms with E-state index >= 15 is 0 Å². The molecule has 0 unspecified atom stereocenters. The summed E-state index contributed by atoms with van der Waals surface area (Å²) in [5.41, 5.74) is 5.01. The minimum absolute atomic E-state index is 0.0373. The molecule has 0 amide bonds. The number of aryl methyl sites for hydroxylation is 1. The Morgan fingerprint density at radius 3 is 2.57 bits per heavy atom. The Hall–Kier alpha value is -4.57. The predicted octanol–water partition coefficient (Wildman–Crippen LogP) is 7.45. The fourth-order valence-corrected chi connectivity index (χ4v) is 5.19. The van der Waals surface area contributed by atoms with E-state index in [2.05, 4.69) is 32.5 Å². The summed E-state index contributed by atoms with van der Waals surface area (Å²) >= 11 is 3.45. The van der Waals surface area contributed by atoms with Gasteiger partial charge >= 0.3 is 0 Å². The predicted molar refractivity (Wildman–Crippen MR) is 168 cm³/mol. The number of aromatic nitrogens is 3. The van der Waals surface area contributed by atoms with Crippen molar-refractivity contribution in [1.29, 1.82) is 0 Å². The van der Waals surface area contributed by atoms with Crippen molar-refractivity contribution in [2.24, 2.45) is 5.10 Å². The van der Waals surface area contributed by atoms with E-state index < -0.39 is 4.92 Å². The number of benzene rings is 3. The number of hydrogen-bond acceptors (Lipinski definition) is 6. The molecule has 0 aliphatic rings. The zero-order valence-corrected chi connectivity index (χ0v) is 25.3. The van der Waals surface area contributed by atoms with Gasteiger partial charge < -0.3 is 9.30 Å². The summed E-state index contributed by atoms with van der Waals surface area (Å²) in [4.78, 5) is 28.9. The molecule has 214 valence electrons. The van der Waals surface area contributed by atoms with Crippen molar-refractivity contribution in [3.05, 3.63) is 126 Å². The van der Waals surface area contributed by atoms with Crippen molar-refractivity contribution in [3.63, 3.8) is 0 Å². The molecule has 5 rings (SSSR count). The quantitative estimate of drug-likeness (QED) is 0.0958. The number of nitro groups is 1. The van der Waals surface area contributed by atoms with E-state index in [4.69, 9.17) is 9.72 Å². The molecule has 1 atom stereocenters. The Kier molecular flexibility index (Phi) is 8.35. The molecule has 3 aromatic carbocycles. The van der Waals surface area contributed by atoms with E-state index in [0.29, 0.717) is 22.5 Å². The lowest BCUT2D eigenvalue weighted by atomic mass is 10.1. The standard InChI is InChI=1S/C32H30BrN5O4/c1-5-20(2)31-35-30-14-9-25(33)17-29(30)32(39)37(31)34-18-24-15-21(3)36(22(24)4)26-10-12-28(13-11-26)42-19-23-7-6-8-27(16-23)38(40)41/h6-18,20H,5,19H2,1-4H3/t20-/m0/s1. The van der Waals surface area contributed by atoms with Crippen LogP contribution in [-0.2, 0) is 6.61 Å². The smallest absolute Gasteiger partial charge is 0.282 e. The highest BCUT2D eigenvalue weighted by Crippen LogP contribution is 2.24. The second-order valence-corrected chi connectivity index (χ2v) is 11.1. The number of rotatable bonds is 9. The van der Waals surface area contributed by atoms with E-state index in [1.165, 1.54) is 16.8 Å². The SMILES string of the molecule is CC[C@H](C)c1nc2ccc(Br)cc2c(=O)n1N=Cc1cc(C)n(-c2ccc(OCc3cccc([N+](=O)[O-])c3)cc2)c1C. The van der Waals surface area contributed by atoms with Crippen molar-refractivity contribution < 1.29 is 9.66 Å². The van der Waals surface area contributed by atoms with Crippen molar-refractivity contribution in [1.82, 2.24) is 14.2 Å². The average molecular weight is 629 g/mol. The number of fused-ring (bicyclic) bond motifs is 1. The molecule has 0 saturated heterocycles. The van der Waals surface area contributed by atoms with Gasteiger partial charge in [0.15, 0.2) is 0 Å². The van der Waals surface area contributed by atoms with Gasteiger partial charge in [-0.25, -0.2) is 4.98 Å². The van der Waals surface area contributed by atoms with E-state index in [1.54, 1.807) is 24.4 Å². The number of nitrogens with zero attached hydrogens (tertiary/aromatic N) is 5. The third-order valence-corrected chi connectivity index (χ3v) is 7.78. The molecule has 0 aliphatic carbocycles. The molecule has 2 heterocycles. The van der Waals surface area contributed by atoms with Gasteiger partial charge in [0.2, 0.25) is 0 Å². The Labute approximate surface area is 251 Å². The van der Waals surface area contributed by atoms with Crippen LogP contribution in [-0.4, -0.2) is 25.4 Å². The van der Waals surface area contributed by atoms with Gasteiger partial charge in [-0.3, -0.25) is 14.9 Å². The number of nitro benzene ring substituents is 1. The van der Waals surface area contributed by atoms with Gasteiger partial charge in [0.1, 0.15) is 18.2 Å². The van der Waals surface area contributed by atoms with E-state index in [-0.39, 0.29) is 23.8 Å². The van der Waals surface area contributed by atoms with Crippen LogP contribution in [0.25, 0.3) is 16.6 Å². The molecule has 10 heteroatoms. The molecule has 0 spiro atoms. The van der Waals surface area contributed by atoms with Gasteiger partial charge in [0.05, 0.1) is 22.0 Å². The Morgan fingerprint density at radius 1 is 1.10 bits per heavy atom. The highest BCUT2D eigenvalue weighted by Gasteiger charge is 2.16. The van der Waals surface area contributed by atoms with Gasteiger partial charge in [-0.05, 0) is 74.4 Å². The maximum Gasteiger partial charge on any atom is 0.282 e. The van der Waals surface area contributed by atoms with Gasteiger partial charge in [0, 0.05) is 45.2 Å². The first-order valence-electron chi connectivity index (χ1n) is 13.6. The van der Waals surface area contributed by atoms with Crippen LogP contribution in [0.15, 0.2) is 87.2 Å². The first-order valence-corrected chi connectivity index (χ1v) is 14.4. The molecule has 0 N–H and O–H groups in total. The minimum atomic E-state index is -0.417. The first-order chi connectivity index (χ1) is 20.2. The second-order valence-electron chi connectivity index (χ2n) is 10.2. The lowest BCUT2D eigenvalue weighted by molar-refractivity contribution is -0.384. The van der Waals surface area contributed by atoms with Crippen LogP contribution in [0.2, 0.25) is 0 Å². The summed E-state index contributed by atoms with van der Waals surface area (Å²) in [6, 6.07) is 21.6. The van der Waals surface area contributed by atoms with Crippen LogP contribution in [0.4, 0.5) is 5.69 Å². The third-order valence-electron chi connectivity index (χ3n) is 7.29. The molecule has 42 heavy (non-hydrogen) atoms. The summed E-state index contributed by atoms with van der Waals surface area (Å²) in [6.07, 6.45) is 2.54. The lowest BCUT2D eigenvalue weighted by Gasteiger charge is -2.14. The number of halogens is 1. The van der Waals surface area contributed by atoms with Crippen LogP contribution in [0.5, 0.6) is 5.75 Å². The molecule has 0 bridgehead atoms. The van der Waals surface area contributed by atoms with Crippen molar-refractivity contribution in [3.8, 4) is 11.4 Å². The minimum Gasteiger partial charge on any atom is -0.489 e. The molecular weight excluding hydrogens is 598 g/mol. The van der Waals surface area contributed by atoms with Crippen LogP contribution < -0.4 is 10.3 Å². The molecule has 9 nitrogen and oxygen atoms in total. The number of non-ortho nitro benzene ring substituents is 1. The Morgan fingerprint density at radius 2 is 1.86 bits per heavy atom. The number of hydrogen-bond donors (Lipinski definition) is 0. The maximum atomic E-state index is 13.5. The van der Waals surface area contributed by atoms with E-state index in [9.17, 15) is 14.9 Å². The molecule has 5 aromatic rings. The molecule has 0 radical (unpaired) electrons. The van der Waals surface area contributed by atoms with E-state index in [1.807, 2.05) is 63.2 Å². The lowest BCUT2D eigenvalue weighted by Crippen LogP contribution is -2.23. The van der Waals surface area contributed by atoms with E-state index in [0.717, 1.165) is 39.1 Å². The first kappa shape index (κ1) is 28.9. The van der Waals surface area contributed by atoms with Gasteiger partial charge in [0.25, 0.3) is 11.2 Å². The normalized spacial score (nSPS) is 12.2. The summed E-state index contributed by atoms with van der Waals surface area (Å²) in [5, 5.41) is 16.2. The van der Waals surface area contributed by atoms with Crippen LogP contribution in [0.1, 0.15) is 54.5 Å². The van der Waals surface area contributed by atoms with Crippen LogP contribution in [0.3, 0.4) is 0 Å². The molecule has 0 aliphatic heterocycles. The number of ether oxygens (including phenoxy) is 1.